The van der Waals surface area contributed by atoms with E-state index >= 15 is 0 Å². The molecule has 0 bridgehead atoms. The molecule has 4 heteroatoms. The summed E-state index contributed by atoms with van der Waals surface area (Å²) < 4.78 is 10.3. The topological polar surface area (TPSA) is 58.9 Å². The maximum Gasteiger partial charge on any atom is 0.124 e. The van der Waals surface area contributed by atoms with Crippen molar-refractivity contribution in [2.24, 2.45) is 0 Å². The summed E-state index contributed by atoms with van der Waals surface area (Å²) in [5, 5.41) is 21.0. The average molecular weight is 350 g/mol. The second kappa shape index (κ2) is 8.04. The summed E-state index contributed by atoms with van der Waals surface area (Å²) in [6.07, 6.45) is 0. The Morgan fingerprint density at radius 3 is 1.23 bits per heavy atom. The van der Waals surface area contributed by atoms with Crippen LogP contribution in [0.15, 0.2) is 60.7 Å². The molecule has 3 rings (SSSR count). The van der Waals surface area contributed by atoms with Crippen molar-refractivity contribution in [3.8, 4) is 33.8 Å². The SMILES string of the molecule is COCc1ccc(-c2c(O)ccc(O)c2-c2ccc(COC)cc2)cc1. The van der Waals surface area contributed by atoms with E-state index in [1.165, 1.54) is 12.1 Å². The monoisotopic (exact) mass is 350 g/mol. The van der Waals surface area contributed by atoms with Crippen LogP contribution in [0.4, 0.5) is 0 Å². The van der Waals surface area contributed by atoms with Gasteiger partial charge < -0.3 is 19.7 Å². The standard InChI is InChI=1S/C22H22O4/c1-25-13-15-3-7-17(8-4-15)21-19(23)11-12-20(24)22(21)18-9-5-16(6-10-18)14-26-2/h3-12,23-24H,13-14H2,1-2H3. The van der Waals surface area contributed by atoms with Crippen LogP contribution in [0.3, 0.4) is 0 Å². The quantitative estimate of drug-likeness (QED) is 0.631. The van der Waals surface area contributed by atoms with Crippen molar-refractivity contribution >= 4 is 0 Å². The van der Waals surface area contributed by atoms with Gasteiger partial charge in [0.25, 0.3) is 0 Å². The third-order valence-electron chi connectivity index (χ3n) is 4.27. The number of aromatic hydroxyl groups is 2. The first-order valence-electron chi connectivity index (χ1n) is 8.35. The van der Waals surface area contributed by atoms with E-state index in [0.29, 0.717) is 24.3 Å². The number of rotatable bonds is 6. The maximum absolute atomic E-state index is 10.5. The lowest BCUT2D eigenvalue weighted by Gasteiger charge is -2.15. The van der Waals surface area contributed by atoms with Gasteiger partial charge in [0.15, 0.2) is 0 Å². The van der Waals surface area contributed by atoms with Gasteiger partial charge in [-0.05, 0) is 34.4 Å². The second-order valence-electron chi connectivity index (χ2n) is 6.11. The van der Waals surface area contributed by atoms with Crippen LogP contribution >= 0.6 is 0 Å². The fourth-order valence-electron chi connectivity index (χ4n) is 3.03. The molecule has 0 spiro atoms. The zero-order valence-electron chi connectivity index (χ0n) is 14.9. The molecule has 0 aliphatic heterocycles. The van der Waals surface area contributed by atoms with Gasteiger partial charge in [-0.15, -0.1) is 0 Å². The van der Waals surface area contributed by atoms with Crippen molar-refractivity contribution in [2.75, 3.05) is 14.2 Å². The normalized spacial score (nSPS) is 10.8. The fraction of sp³-hybridized carbons (Fsp3) is 0.182. The molecule has 3 aromatic rings. The van der Waals surface area contributed by atoms with Crippen LogP contribution in [0.5, 0.6) is 11.5 Å². The van der Waals surface area contributed by atoms with Gasteiger partial charge in [-0.25, -0.2) is 0 Å². The van der Waals surface area contributed by atoms with E-state index in [4.69, 9.17) is 9.47 Å². The summed E-state index contributed by atoms with van der Waals surface area (Å²) in [7, 11) is 3.31. The first-order chi connectivity index (χ1) is 12.6. The smallest absolute Gasteiger partial charge is 0.124 e. The molecule has 0 fully saturated rings. The molecule has 0 atom stereocenters. The lowest BCUT2D eigenvalue weighted by Crippen LogP contribution is -1.91. The third-order valence-corrected chi connectivity index (χ3v) is 4.27. The lowest BCUT2D eigenvalue weighted by molar-refractivity contribution is 0.185. The van der Waals surface area contributed by atoms with E-state index in [-0.39, 0.29) is 11.5 Å². The van der Waals surface area contributed by atoms with Crippen LogP contribution in [0.2, 0.25) is 0 Å². The highest BCUT2D eigenvalue weighted by atomic mass is 16.5. The summed E-state index contributed by atoms with van der Waals surface area (Å²) in [5.74, 6) is 0.247. The number of ether oxygens (including phenoxy) is 2. The Kier molecular flexibility index (Phi) is 5.56. The van der Waals surface area contributed by atoms with E-state index in [1.54, 1.807) is 14.2 Å². The summed E-state index contributed by atoms with van der Waals surface area (Å²) in [4.78, 5) is 0. The molecule has 0 aliphatic rings. The molecule has 0 unspecified atom stereocenters. The molecule has 0 amide bonds. The van der Waals surface area contributed by atoms with Gasteiger partial charge in [0, 0.05) is 25.3 Å². The predicted molar refractivity (Wildman–Crippen MR) is 102 cm³/mol. The molecule has 4 nitrogen and oxygen atoms in total. The Bertz CT molecular complexity index is 793. The first-order valence-corrected chi connectivity index (χ1v) is 8.35. The molecule has 2 N–H and O–H groups in total. The molecule has 0 heterocycles. The van der Waals surface area contributed by atoms with Gasteiger partial charge in [0.05, 0.1) is 13.2 Å². The van der Waals surface area contributed by atoms with Gasteiger partial charge >= 0.3 is 0 Å². The molecule has 0 saturated carbocycles. The van der Waals surface area contributed by atoms with E-state index in [9.17, 15) is 10.2 Å². The lowest BCUT2D eigenvalue weighted by atomic mass is 9.92. The van der Waals surface area contributed by atoms with Gasteiger partial charge in [-0.2, -0.15) is 0 Å². The number of phenolic OH excluding ortho intramolecular Hbond substituents is 2. The number of hydrogen-bond acceptors (Lipinski definition) is 4. The number of phenols is 2. The van der Waals surface area contributed by atoms with Crippen LogP contribution in [-0.2, 0) is 22.7 Å². The summed E-state index contributed by atoms with van der Waals surface area (Å²) >= 11 is 0. The van der Waals surface area contributed by atoms with Crippen LogP contribution in [-0.4, -0.2) is 24.4 Å². The molecule has 0 saturated heterocycles. The molecular weight excluding hydrogens is 328 g/mol. The summed E-state index contributed by atoms with van der Waals surface area (Å²) in [5.41, 5.74) is 4.95. The van der Waals surface area contributed by atoms with Crippen molar-refractivity contribution < 1.29 is 19.7 Å². The van der Waals surface area contributed by atoms with Crippen LogP contribution in [0.25, 0.3) is 22.3 Å². The highest BCUT2D eigenvalue weighted by molar-refractivity contribution is 5.91. The van der Waals surface area contributed by atoms with Gasteiger partial charge in [-0.3, -0.25) is 0 Å². The molecular formula is C22H22O4. The van der Waals surface area contributed by atoms with Crippen molar-refractivity contribution in [1.82, 2.24) is 0 Å². The van der Waals surface area contributed by atoms with Crippen molar-refractivity contribution in [1.29, 1.82) is 0 Å². The second-order valence-corrected chi connectivity index (χ2v) is 6.11. The first kappa shape index (κ1) is 18.0. The minimum atomic E-state index is 0.123. The molecule has 0 aliphatic carbocycles. The Morgan fingerprint density at radius 2 is 0.923 bits per heavy atom. The van der Waals surface area contributed by atoms with Crippen LogP contribution < -0.4 is 0 Å². The minimum Gasteiger partial charge on any atom is -0.507 e. The summed E-state index contributed by atoms with van der Waals surface area (Å²) in [6.45, 7) is 1.06. The Labute approximate surface area is 153 Å². The predicted octanol–water partition coefficient (Wildman–Crippen LogP) is 4.72. The fourth-order valence-corrected chi connectivity index (χ4v) is 3.03. The highest BCUT2D eigenvalue weighted by Gasteiger charge is 2.16. The maximum atomic E-state index is 10.5. The van der Waals surface area contributed by atoms with Crippen molar-refractivity contribution in [2.45, 2.75) is 13.2 Å². The van der Waals surface area contributed by atoms with Gasteiger partial charge in [-0.1, -0.05) is 48.5 Å². The van der Waals surface area contributed by atoms with Crippen LogP contribution in [0.1, 0.15) is 11.1 Å². The molecule has 0 radical (unpaired) electrons. The van der Waals surface area contributed by atoms with E-state index in [0.717, 1.165) is 22.3 Å². The van der Waals surface area contributed by atoms with Crippen molar-refractivity contribution in [3.05, 3.63) is 71.8 Å². The minimum absolute atomic E-state index is 0.123. The Hall–Kier alpha value is -2.82. The molecule has 26 heavy (non-hydrogen) atoms. The van der Waals surface area contributed by atoms with E-state index in [1.807, 2.05) is 48.5 Å². The zero-order chi connectivity index (χ0) is 18.5. The molecule has 134 valence electrons. The van der Waals surface area contributed by atoms with Gasteiger partial charge in [0.2, 0.25) is 0 Å². The Balaban J connectivity index is 2.09. The molecule has 0 aromatic heterocycles. The molecule has 3 aromatic carbocycles. The van der Waals surface area contributed by atoms with Crippen LogP contribution in [0, 0.1) is 0 Å². The Morgan fingerprint density at radius 1 is 0.577 bits per heavy atom. The average Bonchev–Trinajstić information content (AvgIpc) is 2.66. The van der Waals surface area contributed by atoms with Crippen molar-refractivity contribution in [3.63, 3.8) is 0 Å². The van der Waals surface area contributed by atoms with Gasteiger partial charge in [0.1, 0.15) is 11.5 Å². The number of methoxy groups -OCH3 is 2. The number of benzene rings is 3. The highest BCUT2D eigenvalue weighted by Crippen LogP contribution is 2.44. The zero-order valence-corrected chi connectivity index (χ0v) is 14.9. The largest absolute Gasteiger partial charge is 0.507 e. The number of hydrogen-bond donors (Lipinski definition) is 2. The summed E-state index contributed by atoms with van der Waals surface area (Å²) in [6, 6.07) is 18.5. The van der Waals surface area contributed by atoms with E-state index < -0.39 is 0 Å². The van der Waals surface area contributed by atoms with E-state index in [2.05, 4.69) is 0 Å². The third kappa shape index (κ3) is 3.72.